The fourth-order valence-corrected chi connectivity index (χ4v) is 2.53. The first-order valence-electron chi connectivity index (χ1n) is 7.24. The van der Waals surface area contributed by atoms with Crippen molar-refractivity contribution in [1.82, 2.24) is 10.1 Å². The maximum atomic E-state index is 12.5. The third kappa shape index (κ3) is 3.24. The van der Waals surface area contributed by atoms with E-state index in [-0.39, 0.29) is 24.3 Å². The van der Waals surface area contributed by atoms with Crippen molar-refractivity contribution >= 4 is 11.9 Å². The highest BCUT2D eigenvalue weighted by Crippen LogP contribution is 2.21. The number of amides is 1. The molecule has 1 amide bonds. The molecule has 1 aromatic heterocycles. The van der Waals surface area contributed by atoms with Crippen LogP contribution < -0.4 is 0 Å². The summed E-state index contributed by atoms with van der Waals surface area (Å²) in [5.41, 5.74) is 1.40. The van der Waals surface area contributed by atoms with Gasteiger partial charge in [0.25, 0.3) is 5.91 Å². The van der Waals surface area contributed by atoms with Crippen LogP contribution in [0, 0.1) is 0 Å². The van der Waals surface area contributed by atoms with Crippen molar-refractivity contribution in [2.24, 2.45) is 0 Å². The van der Waals surface area contributed by atoms with E-state index in [0.717, 1.165) is 5.56 Å². The lowest BCUT2D eigenvalue weighted by Gasteiger charge is -2.34. The Morgan fingerprint density at radius 1 is 1.26 bits per heavy atom. The van der Waals surface area contributed by atoms with Crippen LogP contribution in [0.25, 0.3) is 11.3 Å². The fourth-order valence-electron chi connectivity index (χ4n) is 2.53. The molecular weight excluding hydrogens is 300 g/mol. The van der Waals surface area contributed by atoms with Crippen LogP contribution in [0.5, 0.6) is 0 Å². The summed E-state index contributed by atoms with van der Waals surface area (Å²) in [5.74, 6) is -1.39. The number of carboxylic acid groups (broad SMARTS) is 1. The number of ether oxygens (including phenoxy) is 1. The Kier molecular flexibility index (Phi) is 4.12. The molecule has 7 nitrogen and oxygen atoms in total. The van der Waals surface area contributed by atoms with Gasteiger partial charge < -0.3 is 19.3 Å². The molecule has 0 aliphatic carbocycles. The molecule has 2 atom stereocenters. The van der Waals surface area contributed by atoms with Crippen LogP contribution in [0.3, 0.4) is 0 Å². The minimum atomic E-state index is -1.09. The van der Waals surface area contributed by atoms with E-state index in [4.69, 9.17) is 14.4 Å². The molecule has 2 aromatic rings. The highest BCUT2D eigenvalue weighted by molar-refractivity contribution is 5.93. The maximum absolute atomic E-state index is 12.5. The SMILES string of the molecule is C[C@@H]1CN(C(=O)c2cc(-c3ccccc3)no2)CC(C(=O)O)O1. The molecule has 120 valence electrons. The van der Waals surface area contributed by atoms with Gasteiger partial charge in [-0.3, -0.25) is 4.79 Å². The number of morpholine rings is 1. The predicted molar refractivity (Wildman–Crippen MR) is 79.8 cm³/mol. The molecule has 0 radical (unpaired) electrons. The second kappa shape index (κ2) is 6.21. The van der Waals surface area contributed by atoms with E-state index in [1.165, 1.54) is 4.90 Å². The zero-order chi connectivity index (χ0) is 16.4. The third-order valence-electron chi connectivity index (χ3n) is 3.61. The Morgan fingerprint density at radius 3 is 2.70 bits per heavy atom. The molecule has 23 heavy (non-hydrogen) atoms. The average molecular weight is 316 g/mol. The summed E-state index contributed by atoms with van der Waals surface area (Å²) < 4.78 is 10.4. The molecule has 1 aliphatic rings. The van der Waals surface area contributed by atoms with Crippen LogP contribution in [-0.4, -0.2) is 52.3 Å². The molecule has 1 N–H and O–H groups in total. The van der Waals surface area contributed by atoms with Crippen LogP contribution in [0.4, 0.5) is 0 Å². The van der Waals surface area contributed by atoms with E-state index in [2.05, 4.69) is 5.16 Å². The van der Waals surface area contributed by atoms with E-state index in [1.54, 1.807) is 13.0 Å². The van der Waals surface area contributed by atoms with Gasteiger partial charge >= 0.3 is 5.97 Å². The van der Waals surface area contributed by atoms with Crippen LogP contribution in [-0.2, 0) is 9.53 Å². The van der Waals surface area contributed by atoms with Gasteiger partial charge in [-0.1, -0.05) is 35.5 Å². The molecule has 1 unspecified atom stereocenters. The normalized spacial score (nSPS) is 21.2. The topological polar surface area (TPSA) is 92.9 Å². The van der Waals surface area contributed by atoms with Crippen molar-refractivity contribution in [1.29, 1.82) is 0 Å². The first-order valence-corrected chi connectivity index (χ1v) is 7.24. The fraction of sp³-hybridized carbons (Fsp3) is 0.312. The summed E-state index contributed by atoms with van der Waals surface area (Å²) in [6.45, 7) is 2.02. The summed E-state index contributed by atoms with van der Waals surface area (Å²) in [6, 6.07) is 10.9. The molecule has 0 bridgehead atoms. The lowest BCUT2D eigenvalue weighted by molar-refractivity contribution is -0.160. The van der Waals surface area contributed by atoms with Crippen molar-refractivity contribution in [3.8, 4) is 11.3 Å². The third-order valence-corrected chi connectivity index (χ3v) is 3.61. The smallest absolute Gasteiger partial charge is 0.334 e. The summed E-state index contributed by atoms with van der Waals surface area (Å²) in [5, 5.41) is 13.0. The molecule has 1 saturated heterocycles. The molecule has 2 heterocycles. The largest absolute Gasteiger partial charge is 0.479 e. The number of carboxylic acids is 1. The van der Waals surface area contributed by atoms with E-state index in [0.29, 0.717) is 12.2 Å². The first-order chi connectivity index (χ1) is 11.0. The van der Waals surface area contributed by atoms with Crippen LogP contribution in [0.2, 0.25) is 0 Å². The van der Waals surface area contributed by atoms with Gasteiger partial charge in [-0.05, 0) is 6.92 Å². The van der Waals surface area contributed by atoms with E-state index in [9.17, 15) is 9.59 Å². The Bertz CT molecular complexity index is 712. The van der Waals surface area contributed by atoms with Crippen LogP contribution in [0.1, 0.15) is 17.5 Å². The van der Waals surface area contributed by atoms with E-state index < -0.39 is 12.1 Å². The number of hydrogen-bond donors (Lipinski definition) is 1. The molecule has 1 aromatic carbocycles. The van der Waals surface area contributed by atoms with E-state index >= 15 is 0 Å². The quantitative estimate of drug-likeness (QED) is 0.925. The van der Waals surface area contributed by atoms with Crippen molar-refractivity contribution in [3.63, 3.8) is 0 Å². The molecule has 0 spiro atoms. The number of aromatic nitrogens is 1. The summed E-state index contributed by atoms with van der Waals surface area (Å²) in [4.78, 5) is 25.0. The summed E-state index contributed by atoms with van der Waals surface area (Å²) >= 11 is 0. The molecule has 0 saturated carbocycles. The van der Waals surface area contributed by atoms with Crippen molar-refractivity contribution in [2.75, 3.05) is 13.1 Å². The molecule has 1 fully saturated rings. The molecular formula is C16H16N2O5. The van der Waals surface area contributed by atoms with Gasteiger partial charge in [-0.2, -0.15) is 0 Å². The average Bonchev–Trinajstić information content (AvgIpc) is 3.04. The first kappa shape index (κ1) is 15.2. The summed E-state index contributed by atoms with van der Waals surface area (Å²) in [6.07, 6.45) is -1.38. The van der Waals surface area contributed by atoms with Crippen LogP contribution >= 0.6 is 0 Å². The Morgan fingerprint density at radius 2 is 2.00 bits per heavy atom. The van der Waals surface area contributed by atoms with Gasteiger partial charge in [0.1, 0.15) is 5.69 Å². The van der Waals surface area contributed by atoms with E-state index in [1.807, 2.05) is 30.3 Å². The Balaban J connectivity index is 1.78. The second-order valence-electron chi connectivity index (χ2n) is 5.43. The summed E-state index contributed by atoms with van der Waals surface area (Å²) in [7, 11) is 0. The second-order valence-corrected chi connectivity index (χ2v) is 5.43. The van der Waals surface area contributed by atoms with Gasteiger partial charge in [0.05, 0.1) is 12.6 Å². The van der Waals surface area contributed by atoms with Gasteiger partial charge in [0.15, 0.2) is 6.10 Å². The number of nitrogens with zero attached hydrogens (tertiary/aromatic N) is 2. The number of aliphatic carboxylic acids is 1. The molecule has 7 heteroatoms. The standard InChI is InChI=1S/C16H16N2O5/c1-10-8-18(9-14(22-10)16(20)21)15(19)13-7-12(17-23-13)11-5-3-2-4-6-11/h2-7,10,14H,8-9H2,1H3,(H,20,21)/t10-,14?/m1/s1. The maximum Gasteiger partial charge on any atom is 0.334 e. The number of carbonyl (C=O) groups excluding carboxylic acids is 1. The Hall–Kier alpha value is -2.67. The monoisotopic (exact) mass is 316 g/mol. The Labute approximate surface area is 132 Å². The predicted octanol–water partition coefficient (Wildman–Crippen LogP) is 1.66. The molecule has 3 rings (SSSR count). The van der Waals surface area contributed by atoms with Gasteiger partial charge in [-0.25, -0.2) is 4.79 Å². The highest BCUT2D eigenvalue weighted by atomic mass is 16.5. The van der Waals surface area contributed by atoms with Crippen molar-refractivity contribution < 1.29 is 24.0 Å². The molecule has 1 aliphatic heterocycles. The number of rotatable bonds is 3. The van der Waals surface area contributed by atoms with Gasteiger partial charge in [0, 0.05) is 18.2 Å². The number of hydrogen-bond acceptors (Lipinski definition) is 5. The minimum absolute atomic E-state index is 0.0140. The van der Waals surface area contributed by atoms with Crippen molar-refractivity contribution in [3.05, 3.63) is 42.2 Å². The number of benzene rings is 1. The minimum Gasteiger partial charge on any atom is -0.479 e. The number of carbonyl (C=O) groups is 2. The lowest BCUT2D eigenvalue weighted by atomic mass is 10.1. The van der Waals surface area contributed by atoms with Crippen molar-refractivity contribution in [2.45, 2.75) is 19.1 Å². The van der Waals surface area contributed by atoms with Gasteiger partial charge in [0.2, 0.25) is 5.76 Å². The van der Waals surface area contributed by atoms with Gasteiger partial charge in [-0.15, -0.1) is 0 Å². The highest BCUT2D eigenvalue weighted by Gasteiger charge is 2.34. The lowest BCUT2D eigenvalue weighted by Crippen LogP contribution is -2.51. The zero-order valence-corrected chi connectivity index (χ0v) is 12.5. The van der Waals surface area contributed by atoms with Crippen LogP contribution in [0.15, 0.2) is 40.9 Å². The zero-order valence-electron chi connectivity index (χ0n) is 12.5.